The number of phenolic OH excluding ortho intramolecular Hbond substituents is 1. The highest BCUT2D eigenvalue weighted by molar-refractivity contribution is 7.98. The maximum absolute atomic E-state index is 14.6. The van der Waals surface area contributed by atoms with Gasteiger partial charge in [0.2, 0.25) is 11.8 Å². The quantitative estimate of drug-likeness (QED) is 0.113. The van der Waals surface area contributed by atoms with E-state index in [1.165, 1.54) is 22.7 Å². The summed E-state index contributed by atoms with van der Waals surface area (Å²) in [6.07, 6.45) is 6.02. The van der Waals surface area contributed by atoms with Gasteiger partial charge in [0.1, 0.15) is 35.1 Å². The first-order chi connectivity index (χ1) is 23.1. The molecule has 10 nitrogen and oxygen atoms in total. The van der Waals surface area contributed by atoms with E-state index in [0.29, 0.717) is 12.2 Å². The van der Waals surface area contributed by atoms with Crippen LogP contribution in [0.2, 0.25) is 0 Å². The zero-order valence-electron chi connectivity index (χ0n) is 30.5. The zero-order chi connectivity index (χ0) is 36.6. The number of unbranched alkanes of at least 4 members (excludes halogenated alkanes) is 4. The molecule has 0 fully saturated rings. The second kappa shape index (κ2) is 20.1. The van der Waals surface area contributed by atoms with Crippen LogP contribution in [0.25, 0.3) is 0 Å². The summed E-state index contributed by atoms with van der Waals surface area (Å²) in [5.41, 5.74) is -0.596. The van der Waals surface area contributed by atoms with Crippen molar-refractivity contribution >= 4 is 35.6 Å². The van der Waals surface area contributed by atoms with Crippen molar-refractivity contribution in [1.29, 1.82) is 0 Å². The second-order valence-corrected chi connectivity index (χ2v) is 15.2. The average molecular weight is 700 g/mol. The molecule has 0 aromatic heterocycles. The number of aromatic hydroxyl groups is 1. The molecule has 0 radical (unpaired) electrons. The number of nitrogens with one attached hydrogen (secondary N) is 2. The topological polar surface area (TPSA) is 134 Å². The van der Waals surface area contributed by atoms with Gasteiger partial charge in [-0.25, -0.2) is 9.59 Å². The van der Waals surface area contributed by atoms with Gasteiger partial charge in [-0.3, -0.25) is 9.59 Å². The summed E-state index contributed by atoms with van der Waals surface area (Å²) in [6.45, 7) is 12.8. The number of phenols is 1. The Kier molecular flexibility index (Phi) is 17.0. The lowest BCUT2D eigenvalue weighted by molar-refractivity contribution is -0.159. The van der Waals surface area contributed by atoms with Gasteiger partial charge in [0, 0.05) is 18.5 Å². The van der Waals surface area contributed by atoms with Gasteiger partial charge in [-0.2, -0.15) is 11.8 Å². The lowest BCUT2D eigenvalue weighted by atomic mass is 9.99. The summed E-state index contributed by atoms with van der Waals surface area (Å²) >= 11 is 1.52. The minimum absolute atomic E-state index is 0.149. The number of para-hydroxylation sites is 1. The Hall–Kier alpha value is -3.73. The number of carbonyl (C=O) groups is 4. The molecule has 2 rings (SSSR count). The van der Waals surface area contributed by atoms with E-state index < -0.39 is 53.2 Å². The van der Waals surface area contributed by atoms with Crippen LogP contribution in [0.5, 0.6) is 5.75 Å². The minimum atomic E-state index is -1.32. The summed E-state index contributed by atoms with van der Waals surface area (Å²) in [5.74, 6) is -1.39. The molecule has 0 saturated heterocycles. The van der Waals surface area contributed by atoms with Crippen molar-refractivity contribution in [3.8, 4) is 5.75 Å². The molecule has 3 amide bonds. The van der Waals surface area contributed by atoms with Gasteiger partial charge >= 0.3 is 12.1 Å². The molecule has 272 valence electrons. The molecule has 0 aliphatic heterocycles. The number of nitrogens with zero attached hydrogens (tertiary/aromatic N) is 1. The summed E-state index contributed by atoms with van der Waals surface area (Å²) in [4.78, 5) is 57.0. The largest absolute Gasteiger partial charge is 0.508 e. The second-order valence-electron chi connectivity index (χ2n) is 14.2. The molecule has 2 aromatic carbocycles. The van der Waals surface area contributed by atoms with Crippen LogP contribution in [-0.2, 0) is 30.3 Å². The highest BCUT2D eigenvalue weighted by Crippen LogP contribution is 2.31. The first kappa shape index (κ1) is 41.4. The third-order valence-corrected chi connectivity index (χ3v) is 8.11. The van der Waals surface area contributed by atoms with Crippen LogP contribution in [0, 0.1) is 0 Å². The maximum atomic E-state index is 14.6. The number of esters is 1. The molecule has 0 bridgehead atoms. The van der Waals surface area contributed by atoms with E-state index in [1.54, 1.807) is 59.7 Å². The number of hydrogen-bond donors (Lipinski definition) is 3. The van der Waals surface area contributed by atoms with Crippen LogP contribution in [-0.4, -0.2) is 75.7 Å². The Labute approximate surface area is 297 Å². The van der Waals surface area contributed by atoms with E-state index in [0.717, 1.165) is 31.2 Å². The molecule has 3 N–H and O–H groups in total. The third-order valence-electron chi connectivity index (χ3n) is 7.47. The van der Waals surface area contributed by atoms with Gasteiger partial charge in [0.15, 0.2) is 0 Å². The molecule has 0 spiro atoms. The van der Waals surface area contributed by atoms with Gasteiger partial charge in [-0.1, -0.05) is 81.1 Å². The predicted octanol–water partition coefficient (Wildman–Crippen LogP) is 6.95. The zero-order valence-corrected chi connectivity index (χ0v) is 31.4. The van der Waals surface area contributed by atoms with Crippen molar-refractivity contribution in [1.82, 2.24) is 15.5 Å². The molecule has 0 saturated carbocycles. The third kappa shape index (κ3) is 15.1. The molecular formula is C38H57N3O7S. The van der Waals surface area contributed by atoms with Crippen LogP contribution in [0.4, 0.5) is 4.79 Å². The predicted molar refractivity (Wildman–Crippen MR) is 195 cm³/mol. The van der Waals surface area contributed by atoms with Crippen molar-refractivity contribution < 1.29 is 33.8 Å². The van der Waals surface area contributed by atoms with Gasteiger partial charge in [-0.05, 0) is 78.0 Å². The van der Waals surface area contributed by atoms with E-state index in [4.69, 9.17) is 9.47 Å². The van der Waals surface area contributed by atoms with Gasteiger partial charge in [-0.15, -0.1) is 0 Å². The molecule has 2 aromatic rings. The standard InChI is InChI=1S/C38H57N3O7S/c1-9-10-11-12-18-24-41(34(44)29(23-25-49-8)40-36(46)48-38(5,6)7)32(28-21-16-17-22-31(28)42)33(43)39-30(35(45)47-37(2,3)4)26-27-19-14-13-15-20-27/h13-17,19-22,29-30,32,42H,9-12,18,23-26H2,1-8H3,(H,39,43)(H,40,46). The number of alkyl carbamates (subject to hydrolysis) is 1. The Bertz CT molecular complexity index is 1340. The molecule has 0 aliphatic rings. The minimum Gasteiger partial charge on any atom is -0.508 e. The van der Waals surface area contributed by atoms with Crippen molar-refractivity contribution in [3.05, 3.63) is 65.7 Å². The molecular weight excluding hydrogens is 642 g/mol. The van der Waals surface area contributed by atoms with Crippen molar-refractivity contribution in [2.24, 2.45) is 0 Å². The van der Waals surface area contributed by atoms with Gasteiger partial charge in [0.25, 0.3) is 0 Å². The number of ether oxygens (including phenoxy) is 2. The SMILES string of the molecule is CCCCCCCN(C(=O)C(CCSC)NC(=O)OC(C)(C)C)C(C(=O)NC(Cc1ccccc1)C(=O)OC(C)(C)C)c1ccccc1O. The molecule has 11 heteroatoms. The summed E-state index contributed by atoms with van der Waals surface area (Å²) in [7, 11) is 0. The monoisotopic (exact) mass is 699 g/mol. The summed E-state index contributed by atoms with van der Waals surface area (Å²) in [5, 5.41) is 16.7. The molecule has 3 unspecified atom stereocenters. The van der Waals surface area contributed by atoms with E-state index in [2.05, 4.69) is 17.6 Å². The Morgan fingerprint density at radius 3 is 2.02 bits per heavy atom. The normalized spacial score (nSPS) is 13.5. The van der Waals surface area contributed by atoms with E-state index >= 15 is 0 Å². The number of rotatable bonds is 18. The molecule has 49 heavy (non-hydrogen) atoms. The van der Waals surface area contributed by atoms with Crippen LogP contribution in [0.15, 0.2) is 54.6 Å². The molecule has 3 atom stereocenters. The highest BCUT2D eigenvalue weighted by atomic mass is 32.2. The van der Waals surface area contributed by atoms with E-state index in [-0.39, 0.29) is 30.7 Å². The van der Waals surface area contributed by atoms with Crippen molar-refractivity contribution in [2.45, 2.75) is 123 Å². The maximum Gasteiger partial charge on any atom is 0.408 e. The molecule has 0 heterocycles. The number of hydrogen-bond acceptors (Lipinski definition) is 8. The average Bonchev–Trinajstić information content (AvgIpc) is 3.01. The van der Waals surface area contributed by atoms with Crippen molar-refractivity contribution in [3.63, 3.8) is 0 Å². The first-order valence-corrected chi connectivity index (χ1v) is 18.6. The number of carbonyl (C=O) groups excluding carboxylic acids is 4. The summed E-state index contributed by atoms with van der Waals surface area (Å²) in [6, 6.07) is 12.2. The Morgan fingerprint density at radius 1 is 0.816 bits per heavy atom. The molecule has 0 aliphatic carbocycles. The van der Waals surface area contributed by atoms with E-state index in [1.807, 2.05) is 36.6 Å². The van der Waals surface area contributed by atoms with Crippen LogP contribution >= 0.6 is 11.8 Å². The fraction of sp³-hybridized carbons (Fsp3) is 0.579. The lowest BCUT2D eigenvalue weighted by Gasteiger charge is -2.35. The van der Waals surface area contributed by atoms with Crippen molar-refractivity contribution in [2.75, 3.05) is 18.6 Å². The van der Waals surface area contributed by atoms with Crippen LogP contribution in [0.1, 0.15) is 104 Å². The fourth-order valence-electron chi connectivity index (χ4n) is 5.23. The van der Waals surface area contributed by atoms with Crippen LogP contribution < -0.4 is 10.6 Å². The Balaban J connectivity index is 2.63. The highest BCUT2D eigenvalue weighted by Gasteiger charge is 2.39. The summed E-state index contributed by atoms with van der Waals surface area (Å²) < 4.78 is 11.2. The van der Waals surface area contributed by atoms with Crippen LogP contribution in [0.3, 0.4) is 0 Å². The lowest BCUT2D eigenvalue weighted by Crippen LogP contribution is -2.55. The van der Waals surface area contributed by atoms with Gasteiger partial charge in [0.05, 0.1) is 0 Å². The number of benzene rings is 2. The van der Waals surface area contributed by atoms with Gasteiger partial charge < -0.3 is 30.1 Å². The van der Waals surface area contributed by atoms with E-state index in [9.17, 15) is 24.3 Å². The number of thioether (sulfide) groups is 1. The fourth-order valence-corrected chi connectivity index (χ4v) is 5.70. The first-order valence-electron chi connectivity index (χ1n) is 17.2. The smallest absolute Gasteiger partial charge is 0.408 e. The number of amides is 3. The Morgan fingerprint density at radius 2 is 1.43 bits per heavy atom.